The molecule has 0 aliphatic rings. The summed E-state index contributed by atoms with van der Waals surface area (Å²) < 4.78 is 30.9. The monoisotopic (exact) mass is 393 g/mol. The highest BCUT2D eigenvalue weighted by Gasteiger charge is 2.07. The molecule has 27 heavy (non-hydrogen) atoms. The SMILES string of the molecule is CCNC(=NCc1coc(-c2ccc(C)cc2)n1)NCCNS(=O)(=O)CC. The highest BCUT2D eigenvalue weighted by Crippen LogP contribution is 2.19. The third kappa shape index (κ3) is 7.03. The Kier molecular flexibility index (Phi) is 7.81. The number of guanidine groups is 1. The average molecular weight is 394 g/mol. The zero-order chi connectivity index (χ0) is 19.7. The molecule has 0 unspecified atom stereocenters. The second kappa shape index (κ2) is 10.1. The van der Waals surface area contributed by atoms with Gasteiger partial charge in [-0.1, -0.05) is 17.7 Å². The van der Waals surface area contributed by atoms with E-state index in [4.69, 9.17) is 4.42 Å². The molecule has 0 amide bonds. The molecule has 9 heteroatoms. The molecule has 148 valence electrons. The van der Waals surface area contributed by atoms with E-state index in [1.54, 1.807) is 13.2 Å². The molecule has 3 N–H and O–H groups in total. The van der Waals surface area contributed by atoms with Crippen molar-refractivity contribution in [2.24, 2.45) is 4.99 Å². The zero-order valence-electron chi connectivity index (χ0n) is 15.9. The lowest BCUT2D eigenvalue weighted by Gasteiger charge is -2.11. The molecular weight excluding hydrogens is 366 g/mol. The van der Waals surface area contributed by atoms with Gasteiger partial charge in [0.25, 0.3) is 0 Å². The number of aryl methyl sites for hydroxylation is 1. The number of sulfonamides is 1. The third-order valence-electron chi connectivity index (χ3n) is 3.71. The van der Waals surface area contributed by atoms with Crippen LogP contribution in [0.1, 0.15) is 25.1 Å². The van der Waals surface area contributed by atoms with Gasteiger partial charge in [-0.2, -0.15) is 0 Å². The van der Waals surface area contributed by atoms with Crippen LogP contribution in [0.2, 0.25) is 0 Å². The number of aliphatic imine (C=N–C) groups is 1. The second-order valence-corrected chi connectivity index (χ2v) is 8.03. The van der Waals surface area contributed by atoms with Crippen molar-refractivity contribution in [2.75, 3.05) is 25.4 Å². The summed E-state index contributed by atoms with van der Waals surface area (Å²) in [5.74, 6) is 1.22. The van der Waals surface area contributed by atoms with Gasteiger partial charge >= 0.3 is 0 Å². The van der Waals surface area contributed by atoms with Crippen molar-refractivity contribution in [3.63, 3.8) is 0 Å². The number of nitrogens with zero attached hydrogens (tertiary/aromatic N) is 2. The van der Waals surface area contributed by atoms with Crippen LogP contribution in [0.5, 0.6) is 0 Å². The first-order valence-corrected chi connectivity index (χ1v) is 10.6. The Balaban J connectivity index is 1.91. The van der Waals surface area contributed by atoms with Gasteiger partial charge in [-0.3, -0.25) is 0 Å². The topological polar surface area (TPSA) is 109 Å². The number of nitrogens with one attached hydrogen (secondary N) is 3. The molecular formula is C18H27N5O3S. The summed E-state index contributed by atoms with van der Waals surface area (Å²) in [7, 11) is -3.18. The molecule has 1 aromatic heterocycles. The number of rotatable bonds is 9. The normalized spacial score (nSPS) is 12.2. The van der Waals surface area contributed by atoms with Crippen LogP contribution in [0.25, 0.3) is 11.5 Å². The van der Waals surface area contributed by atoms with Gasteiger partial charge in [0, 0.05) is 25.2 Å². The minimum atomic E-state index is -3.18. The van der Waals surface area contributed by atoms with Crippen LogP contribution in [-0.4, -0.2) is 44.7 Å². The molecule has 0 aliphatic carbocycles. The Morgan fingerprint density at radius 3 is 2.56 bits per heavy atom. The minimum absolute atomic E-state index is 0.0661. The Labute approximate surface area is 160 Å². The maximum Gasteiger partial charge on any atom is 0.226 e. The summed E-state index contributed by atoms with van der Waals surface area (Å²) >= 11 is 0. The molecule has 1 aromatic carbocycles. The van der Waals surface area contributed by atoms with Crippen molar-refractivity contribution in [2.45, 2.75) is 27.3 Å². The molecule has 2 aromatic rings. The van der Waals surface area contributed by atoms with Crippen LogP contribution in [0.3, 0.4) is 0 Å². The van der Waals surface area contributed by atoms with E-state index in [9.17, 15) is 8.42 Å². The zero-order valence-corrected chi connectivity index (χ0v) is 16.8. The van der Waals surface area contributed by atoms with Crippen LogP contribution in [0, 0.1) is 6.92 Å². The molecule has 0 radical (unpaired) electrons. The second-order valence-electron chi connectivity index (χ2n) is 5.93. The van der Waals surface area contributed by atoms with Crippen LogP contribution in [0.4, 0.5) is 0 Å². The fourth-order valence-corrected chi connectivity index (χ4v) is 2.82. The summed E-state index contributed by atoms with van der Waals surface area (Å²) in [6, 6.07) is 7.96. The first-order valence-electron chi connectivity index (χ1n) is 8.94. The van der Waals surface area contributed by atoms with E-state index in [1.165, 1.54) is 5.56 Å². The van der Waals surface area contributed by atoms with Crippen LogP contribution in [0.15, 0.2) is 39.9 Å². The fourth-order valence-electron chi connectivity index (χ4n) is 2.20. The largest absolute Gasteiger partial charge is 0.444 e. The Hall–Kier alpha value is -2.39. The molecule has 0 spiro atoms. The average Bonchev–Trinajstić information content (AvgIpc) is 3.12. The third-order valence-corrected chi connectivity index (χ3v) is 5.12. The van der Waals surface area contributed by atoms with Crippen molar-refractivity contribution in [3.05, 3.63) is 41.8 Å². The van der Waals surface area contributed by atoms with Crippen LogP contribution < -0.4 is 15.4 Å². The summed E-state index contributed by atoms with van der Waals surface area (Å²) in [6.07, 6.45) is 1.59. The summed E-state index contributed by atoms with van der Waals surface area (Å²) in [5.41, 5.74) is 2.82. The van der Waals surface area contributed by atoms with Crippen molar-refractivity contribution >= 4 is 16.0 Å². The highest BCUT2D eigenvalue weighted by molar-refractivity contribution is 7.89. The van der Waals surface area contributed by atoms with E-state index in [0.29, 0.717) is 38.0 Å². The standard InChI is InChI=1S/C18H27N5O3S/c1-4-19-18(20-10-11-22-27(24,25)5-2)21-12-16-13-26-17(23-16)15-8-6-14(3)7-9-15/h6-9,13,22H,4-5,10-12H2,1-3H3,(H2,19,20,21). The molecule has 0 fully saturated rings. The number of oxazole rings is 1. The molecule has 0 saturated heterocycles. The fraction of sp³-hybridized carbons (Fsp3) is 0.444. The van der Waals surface area contributed by atoms with E-state index in [-0.39, 0.29) is 5.75 Å². The van der Waals surface area contributed by atoms with E-state index in [0.717, 1.165) is 11.3 Å². The Morgan fingerprint density at radius 2 is 1.89 bits per heavy atom. The number of hydrogen-bond donors (Lipinski definition) is 3. The van der Waals surface area contributed by atoms with Crippen molar-refractivity contribution < 1.29 is 12.8 Å². The number of hydrogen-bond acceptors (Lipinski definition) is 5. The Morgan fingerprint density at radius 1 is 1.15 bits per heavy atom. The van der Waals surface area contributed by atoms with Gasteiger partial charge in [-0.25, -0.2) is 23.1 Å². The van der Waals surface area contributed by atoms with Gasteiger partial charge < -0.3 is 15.1 Å². The lowest BCUT2D eigenvalue weighted by atomic mass is 10.1. The highest BCUT2D eigenvalue weighted by atomic mass is 32.2. The predicted octanol–water partition coefficient (Wildman–Crippen LogP) is 1.64. The lowest BCUT2D eigenvalue weighted by molar-refractivity contribution is 0.572. The smallest absolute Gasteiger partial charge is 0.226 e. The minimum Gasteiger partial charge on any atom is -0.444 e. The van der Waals surface area contributed by atoms with Gasteiger partial charge in [0.05, 0.1) is 12.3 Å². The van der Waals surface area contributed by atoms with Gasteiger partial charge in [0.1, 0.15) is 12.0 Å². The van der Waals surface area contributed by atoms with E-state index < -0.39 is 10.0 Å². The quantitative estimate of drug-likeness (QED) is 0.340. The summed E-state index contributed by atoms with van der Waals surface area (Å²) in [6.45, 7) is 7.36. The molecule has 8 nitrogen and oxygen atoms in total. The summed E-state index contributed by atoms with van der Waals surface area (Å²) in [4.78, 5) is 8.91. The maximum atomic E-state index is 11.4. The van der Waals surface area contributed by atoms with Gasteiger partial charge in [-0.15, -0.1) is 0 Å². The first-order chi connectivity index (χ1) is 12.9. The number of benzene rings is 1. The predicted molar refractivity (Wildman–Crippen MR) is 107 cm³/mol. The molecule has 0 atom stereocenters. The molecule has 1 heterocycles. The summed E-state index contributed by atoms with van der Waals surface area (Å²) in [5, 5.41) is 6.20. The van der Waals surface area contributed by atoms with Crippen LogP contribution >= 0.6 is 0 Å². The molecule has 0 bridgehead atoms. The molecule has 2 rings (SSSR count). The number of aromatic nitrogens is 1. The van der Waals surface area contributed by atoms with E-state index in [2.05, 4.69) is 25.3 Å². The van der Waals surface area contributed by atoms with Crippen molar-refractivity contribution in [1.82, 2.24) is 20.3 Å². The van der Waals surface area contributed by atoms with Gasteiger partial charge in [0.15, 0.2) is 5.96 Å². The maximum absolute atomic E-state index is 11.4. The molecule has 0 aliphatic heterocycles. The van der Waals surface area contributed by atoms with Crippen LogP contribution in [-0.2, 0) is 16.6 Å². The van der Waals surface area contributed by atoms with E-state index >= 15 is 0 Å². The molecule has 0 saturated carbocycles. The van der Waals surface area contributed by atoms with Gasteiger partial charge in [-0.05, 0) is 32.9 Å². The van der Waals surface area contributed by atoms with Crippen molar-refractivity contribution in [3.8, 4) is 11.5 Å². The first kappa shape index (κ1) is 20.9. The Bertz CT molecular complexity index is 844. The van der Waals surface area contributed by atoms with Gasteiger partial charge in [0.2, 0.25) is 15.9 Å². The van der Waals surface area contributed by atoms with E-state index in [1.807, 2.05) is 38.1 Å². The lowest BCUT2D eigenvalue weighted by Crippen LogP contribution is -2.41. The van der Waals surface area contributed by atoms with Crippen molar-refractivity contribution in [1.29, 1.82) is 0 Å².